The van der Waals surface area contributed by atoms with Gasteiger partial charge in [-0.15, -0.1) is 0 Å². The summed E-state index contributed by atoms with van der Waals surface area (Å²) < 4.78 is 26.6. The van der Waals surface area contributed by atoms with Gasteiger partial charge in [-0.25, -0.2) is 8.42 Å². The van der Waals surface area contributed by atoms with Crippen LogP contribution in [0.3, 0.4) is 0 Å². The summed E-state index contributed by atoms with van der Waals surface area (Å²) >= 11 is 0. The minimum Gasteiger partial charge on any atom is -0.480 e. The lowest BCUT2D eigenvalue weighted by atomic mass is 10.1. The second kappa shape index (κ2) is 6.01. The number of fused-ring (bicyclic) bond motifs is 1. The van der Waals surface area contributed by atoms with Crippen LogP contribution in [0.2, 0.25) is 0 Å². The molecule has 1 aromatic carbocycles. The summed E-state index contributed by atoms with van der Waals surface area (Å²) in [6, 6.07) is 7.15. The van der Waals surface area contributed by atoms with Gasteiger partial charge in [-0.1, -0.05) is 24.3 Å². The van der Waals surface area contributed by atoms with Crippen molar-refractivity contribution in [3.8, 4) is 0 Å². The molecule has 0 bridgehead atoms. The van der Waals surface area contributed by atoms with E-state index < -0.39 is 22.0 Å². The Morgan fingerprint density at radius 3 is 2.41 bits per heavy atom. The first-order valence-electron chi connectivity index (χ1n) is 7.76. The second-order valence-corrected chi connectivity index (χ2v) is 8.25. The van der Waals surface area contributed by atoms with Crippen LogP contribution in [0.15, 0.2) is 24.3 Å². The first kappa shape index (κ1) is 15.5. The molecule has 2 aliphatic rings. The highest BCUT2D eigenvalue weighted by atomic mass is 32.2. The smallest absolute Gasteiger partial charge is 0.322 e. The predicted octanol–water partition coefficient (Wildman–Crippen LogP) is 1.67. The van der Waals surface area contributed by atoms with Crippen LogP contribution < -0.4 is 0 Å². The molecule has 1 aromatic rings. The van der Waals surface area contributed by atoms with Crippen molar-refractivity contribution in [3.05, 3.63) is 35.4 Å². The number of hydrogen-bond acceptors (Lipinski definition) is 3. The molecule has 3 rings (SSSR count). The third-order valence-electron chi connectivity index (χ3n) is 4.68. The number of carboxylic acids is 1. The molecule has 1 N–H and O–H groups in total. The monoisotopic (exact) mass is 323 g/mol. The van der Waals surface area contributed by atoms with E-state index in [1.54, 1.807) is 0 Å². The van der Waals surface area contributed by atoms with E-state index in [4.69, 9.17) is 0 Å². The van der Waals surface area contributed by atoms with Crippen molar-refractivity contribution in [1.82, 2.24) is 4.31 Å². The number of hydrogen-bond donors (Lipinski definition) is 1. The topological polar surface area (TPSA) is 74.7 Å². The quantitative estimate of drug-likeness (QED) is 0.914. The average molecular weight is 323 g/mol. The highest BCUT2D eigenvalue weighted by molar-refractivity contribution is 7.89. The molecule has 0 aromatic heterocycles. The van der Waals surface area contributed by atoms with E-state index in [-0.39, 0.29) is 11.7 Å². The lowest BCUT2D eigenvalue weighted by Gasteiger charge is -2.32. The summed E-state index contributed by atoms with van der Waals surface area (Å²) in [5, 5.41) is 9.27. The van der Waals surface area contributed by atoms with Gasteiger partial charge in [-0.2, -0.15) is 4.31 Å². The van der Waals surface area contributed by atoms with Crippen LogP contribution in [0.4, 0.5) is 0 Å². The van der Waals surface area contributed by atoms with E-state index in [0.29, 0.717) is 13.0 Å². The third kappa shape index (κ3) is 3.03. The molecule has 0 radical (unpaired) electrons. The van der Waals surface area contributed by atoms with Gasteiger partial charge in [-0.05, 0) is 49.1 Å². The van der Waals surface area contributed by atoms with Crippen LogP contribution in [0.25, 0.3) is 0 Å². The summed E-state index contributed by atoms with van der Waals surface area (Å²) in [6.45, 7) is 0.332. The van der Waals surface area contributed by atoms with Crippen molar-refractivity contribution in [2.24, 2.45) is 5.92 Å². The SMILES string of the molecule is O=C(O)C1CCCCN1S(=O)(=O)CC1Cc2ccccc2C1. The maximum atomic E-state index is 12.7. The molecule has 1 aliphatic carbocycles. The van der Waals surface area contributed by atoms with Crippen molar-refractivity contribution >= 4 is 16.0 Å². The van der Waals surface area contributed by atoms with Crippen LogP contribution in [0, 0.1) is 5.92 Å². The number of nitrogens with zero attached hydrogens (tertiary/aromatic N) is 1. The molecule has 22 heavy (non-hydrogen) atoms. The molecule has 1 unspecified atom stereocenters. The number of carbonyl (C=O) groups is 1. The van der Waals surface area contributed by atoms with Crippen molar-refractivity contribution in [2.45, 2.75) is 38.1 Å². The minimum atomic E-state index is -3.53. The Labute approximate surface area is 131 Å². The normalized spacial score (nSPS) is 23.4. The minimum absolute atomic E-state index is 0.0471. The molecule has 1 atom stereocenters. The van der Waals surface area contributed by atoms with Gasteiger partial charge in [0.05, 0.1) is 5.75 Å². The molecule has 1 fully saturated rings. The molecular weight excluding hydrogens is 302 g/mol. The van der Waals surface area contributed by atoms with Crippen LogP contribution >= 0.6 is 0 Å². The van der Waals surface area contributed by atoms with E-state index in [1.165, 1.54) is 15.4 Å². The number of rotatable bonds is 4. The fourth-order valence-corrected chi connectivity index (χ4v) is 5.66. The molecule has 0 spiro atoms. The number of carboxylic acid groups (broad SMARTS) is 1. The maximum absolute atomic E-state index is 12.7. The van der Waals surface area contributed by atoms with Crippen molar-refractivity contribution in [1.29, 1.82) is 0 Å². The van der Waals surface area contributed by atoms with Crippen LogP contribution in [-0.4, -0.2) is 42.1 Å². The Kier molecular flexibility index (Phi) is 4.23. The number of aliphatic carboxylic acids is 1. The average Bonchev–Trinajstić information content (AvgIpc) is 2.88. The van der Waals surface area contributed by atoms with Gasteiger partial charge >= 0.3 is 5.97 Å². The van der Waals surface area contributed by atoms with E-state index in [9.17, 15) is 18.3 Å². The summed E-state index contributed by atoms with van der Waals surface area (Å²) in [5.74, 6) is -0.928. The first-order valence-corrected chi connectivity index (χ1v) is 9.37. The van der Waals surface area contributed by atoms with Crippen LogP contribution in [-0.2, 0) is 27.7 Å². The summed E-state index contributed by atoms with van der Waals surface area (Å²) in [4.78, 5) is 11.3. The molecule has 1 saturated heterocycles. The van der Waals surface area contributed by atoms with E-state index in [0.717, 1.165) is 25.7 Å². The Morgan fingerprint density at radius 2 is 1.82 bits per heavy atom. The Hall–Kier alpha value is -1.40. The third-order valence-corrected chi connectivity index (χ3v) is 6.72. The number of sulfonamides is 1. The van der Waals surface area contributed by atoms with Gasteiger partial charge in [-0.3, -0.25) is 4.79 Å². The molecule has 0 saturated carbocycles. The van der Waals surface area contributed by atoms with Gasteiger partial charge in [0.25, 0.3) is 0 Å². The molecule has 120 valence electrons. The zero-order valence-corrected chi connectivity index (χ0v) is 13.3. The van der Waals surface area contributed by atoms with Gasteiger partial charge in [0.1, 0.15) is 6.04 Å². The molecule has 5 nitrogen and oxygen atoms in total. The summed E-state index contributed by atoms with van der Waals surface area (Å²) in [5.41, 5.74) is 2.44. The Balaban J connectivity index is 1.73. The molecular formula is C16H21NO4S. The van der Waals surface area contributed by atoms with E-state index in [2.05, 4.69) is 0 Å². The van der Waals surface area contributed by atoms with Crippen LogP contribution in [0.1, 0.15) is 30.4 Å². The zero-order chi connectivity index (χ0) is 15.7. The predicted molar refractivity (Wildman–Crippen MR) is 83.1 cm³/mol. The standard InChI is InChI=1S/C16H21NO4S/c18-16(19)15-7-3-4-8-17(15)22(20,21)11-12-9-13-5-1-2-6-14(13)10-12/h1-2,5-6,12,15H,3-4,7-11H2,(H,18,19). The van der Waals surface area contributed by atoms with Gasteiger partial charge < -0.3 is 5.11 Å². The Bertz CT molecular complexity index is 645. The Morgan fingerprint density at radius 1 is 1.18 bits per heavy atom. The molecule has 0 amide bonds. The lowest BCUT2D eigenvalue weighted by molar-refractivity contribution is -0.142. The van der Waals surface area contributed by atoms with E-state index >= 15 is 0 Å². The van der Waals surface area contributed by atoms with Crippen molar-refractivity contribution in [2.75, 3.05) is 12.3 Å². The molecule has 6 heteroatoms. The van der Waals surface area contributed by atoms with Gasteiger partial charge in [0.15, 0.2) is 0 Å². The zero-order valence-electron chi connectivity index (χ0n) is 12.4. The molecule has 1 aliphatic heterocycles. The van der Waals surface area contributed by atoms with Gasteiger partial charge in [0.2, 0.25) is 10.0 Å². The lowest BCUT2D eigenvalue weighted by Crippen LogP contribution is -2.49. The fourth-order valence-electron chi connectivity index (χ4n) is 3.65. The number of piperidine rings is 1. The first-order chi connectivity index (χ1) is 10.5. The number of benzene rings is 1. The summed E-state index contributed by atoms with van der Waals surface area (Å²) in [7, 11) is -3.53. The fraction of sp³-hybridized carbons (Fsp3) is 0.562. The maximum Gasteiger partial charge on any atom is 0.322 e. The van der Waals surface area contributed by atoms with E-state index in [1.807, 2.05) is 24.3 Å². The van der Waals surface area contributed by atoms with Crippen LogP contribution in [0.5, 0.6) is 0 Å². The van der Waals surface area contributed by atoms with Crippen molar-refractivity contribution in [3.63, 3.8) is 0 Å². The second-order valence-electron chi connectivity index (χ2n) is 6.28. The largest absolute Gasteiger partial charge is 0.480 e. The summed E-state index contributed by atoms with van der Waals surface area (Å²) in [6.07, 6.45) is 3.47. The molecule has 1 heterocycles. The van der Waals surface area contributed by atoms with Crippen molar-refractivity contribution < 1.29 is 18.3 Å². The highest BCUT2D eigenvalue weighted by Crippen LogP contribution is 2.29. The highest BCUT2D eigenvalue weighted by Gasteiger charge is 2.38. The van der Waals surface area contributed by atoms with Gasteiger partial charge in [0, 0.05) is 6.54 Å².